The van der Waals surface area contributed by atoms with Crippen LogP contribution >= 0.6 is 12.4 Å². The molecule has 0 heterocycles. The van der Waals surface area contributed by atoms with Crippen molar-refractivity contribution in [1.82, 2.24) is 0 Å². The SMILES string of the molecule is C=C1C[C@@H]2[C@@H](CC[C@]3(C)C(=O)CC[C@@H]23)[C@@]2(C)CCC(=NOCCN)CC12O.Cl. The van der Waals surface area contributed by atoms with Crippen LogP contribution in [0.5, 0.6) is 0 Å². The van der Waals surface area contributed by atoms with Gasteiger partial charge in [0.25, 0.3) is 0 Å². The van der Waals surface area contributed by atoms with Crippen LogP contribution < -0.4 is 5.73 Å². The van der Waals surface area contributed by atoms with Crippen LogP contribution in [0.15, 0.2) is 17.3 Å². The number of halogens is 1. The van der Waals surface area contributed by atoms with Gasteiger partial charge in [-0.05, 0) is 61.9 Å². The molecule has 4 aliphatic rings. The zero-order valence-electron chi connectivity index (χ0n) is 17.2. The van der Waals surface area contributed by atoms with Gasteiger partial charge in [0.05, 0.1) is 11.3 Å². The molecule has 0 aromatic heterocycles. The Bertz CT molecular complexity index is 695. The summed E-state index contributed by atoms with van der Waals surface area (Å²) >= 11 is 0. The molecule has 1 unspecified atom stereocenters. The van der Waals surface area contributed by atoms with E-state index in [4.69, 9.17) is 10.6 Å². The maximum atomic E-state index is 12.6. The molecule has 4 aliphatic carbocycles. The molecule has 0 radical (unpaired) electrons. The summed E-state index contributed by atoms with van der Waals surface area (Å²) in [4.78, 5) is 17.9. The van der Waals surface area contributed by atoms with Gasteiger partial charge in [-0.1, -0.05) is 25.6 Å². The van der Waals surface area contributed by atoms with E-state index in [2.05, 4.69) is 25.6 Å². The van der Waals surface area contributed by atoms with Crippen molar-refractivity contribution in [1.29, 1.82) is 0 Å². The summed E-state index contributed by atoms with van der Waals surface area (Å²) < 4.78 is 0. The van der Waals surface area contributed by atoms with Crippen molar-refractivity contribution in [2.45, 2.75) is 70.8 Å². The molecule has 4 fully saturated rings. The molecule has 0 saturated heterocycles. The standard InChI is InChI=1S/C22H34N2O3.ClH/c1-14-12-16-17-4-5-19(25)20(17,2)8-7-18(16)21(3)9-6-15(13-22(14,21)26)24-27-11-10-23;/h16-18,26H,1,4-13,23H2,2-3H3;1H/t16-,17-,18+,20-,21+,22?;/m0./s1. The number of carbonyl (C=O) groups is 1. The normalized spacial score (nSPS) is 46.4. The Balaban J connectivity index is 0.00000225. The molecule has 0 spiro atoms. The van der Waals surface area contributed by atoms with Crippen molar-refractivity contribution >= 4 is 23.9 Å². The first-order valence-corrected chi connectivity index (χ1v) is 10.6. The summed E-state index contributed by atoms with van der Waals surface area (Å²) in [6.45, 7) is 9.63. The zero-order valence-corrected chi connectivity index (χ0v) is 18.0. The monoisotopic (exact) mass is 410 g/mol. The van der Waals surface area contributed by atoms with Crippen LogP contribution in [0.2, 0.25) is 0 Å². The molecule has 0 amide bonds. The highest BCUT2D eigenvalue weighted by Crippen LogP contribution is 2.67. The summed E-state index contributed by atoms with van der Waals surface area (Å²) in [5, 5.41) is 16.1. The fourth-order valence-corrected chi connectivity index (χ4v) is 7.07. The smallest absolute Gasteiger partial charge is 0.139 e. The first-order valence-electron chi connectivity index (χ1n) is 10.6. The van der Waals surface area contributed by atoms with Gasteiger partial charge in [0, 0.05) is 30.2 Å². The number of oxime groups is 1. The largest absolute Gasteiger partial charge is 0.395 e. The van der Waals surface area contributed by atoms with Crippen molar-refractivity contribution in [3.63, 3.8) is 0 Å². The van der Waals surface area contributed by atoms with Crippen molar-refractivity contribution in [2.75, 3.05) is 13.2 Å². The number of carbonyl (C=O) groups excluding carboxylic acids is 1. The topological polar surface area (TPSA) is 84.9 Å². The molecule has 4 rings (SSSR count). The lowest BCUT2D eigenvalue weighted by Gasteiger charge is -2.63. The Morgan fingerprint density at radius 1 is 1.25 bits per heavy atom. The van der Waals surface area contributed by atoms with E-state index in [9.17, 15) is 9.90 Å². The number of fused-ring (bicyclic) bond motifs is 5. The highest BCUT2D eigenvalue weighted by molar-refractivity contribution is 5.88. The Labute approximate surface area is 174 Å². The quantitative estimate of drug-likeness (QED) is 0.422. The highest BCUT2D eigenvalue weighted by atomic mass is 35.5. The lowest BCUT2D eigenvalue weighted by molar-refractivity contribution is -0.161. The average Bonchev–Trinajstić information content (AvgIpc) is 2.93. The Morgan fingerprint density at radius 2 is 2.00 bits per heavy atom. The number of rotatable bonds is 3. The second-order valence-corrected chi connectivity index (χ2v) is 9.84. The van der Waals surface area contributed by atoms with Crippen molar-refractivity contribution < 1.29 is 14.7 Å². The molecular weight excluding hydrogens is 376 g/mol. The van der Waals surface area contributed by atoms with Crippen molar-refractivity contribution in [3.05, 3.63) is 12.2 Å². The molecule has 0 aliphatic heterocycles. The zero-order chi connectivity index (χ0) is 19.4. The van der Waals surface area contributed by atoms with Crippen LogP contribution in [0.1, 0.15) is 65.2 Å². The van der Waals surface area contributed by atoms with Gasteiger partial charge < -0.3 is 15.7 Å². The second kappa shape index (κ2) is 7.41. The van der Waals surface area contributed by atoms with E-state index < -0.39 is 5.60 Å². The van der Waals surface area contributed by atoms with E-state index in [1.165, 1.54) is 0 Å². The third-order valence-electron chi connectivity index (χ3n) is 8.77. The first kappa shape index (κ1) is 21.8. The summed E-state index contributed by atoms with van der Waals surface area (Å²) in [7, 11) is 0. The van der Waals surface area contributed by atoms with Crippen LogP contribution in [0.3, 0.4) is 0 Å². The Kier molecular flexibility index (Phi) is 5.76. The highest BCUT2D eigenvalue weighted by Gasteiger charge is 2.65. The number of Topliss-reactive ketones (excluding diaryl/α,β-unsaturated/α-hetero) is 1. The molecule has 3 N–H and O–H groups in total. The number of aliphatic hydroxyl groups is 1. The van der Waals surface area contributed by atoms with E-state index in [0.29, 0.717) is 43.1 Å². The molecule has 158 valence electrons. The number of hydrogen-bond donors (Lipinski definition) is 2. The van der Waals surface area contributed by atoms with Gasteiger partial charge in [0.15, 0.2) is 0 Å². The number of nitrogens with two attached hydrogens (primary N) is 1. The van der Waals surface area contributed by atoms with Gasteiger partial charge in [-0.2, -0.15) is 0 Å². The number of nitrogens with zero attached hydrogens (tertiary/aromatic N) is 1. The molecule has 4 saturated carbocycles. The predicted octanol–water partition coefficient (Wildman–Crippen LogP) is 3.63. The van der Waals surface area contributed by atoms with E-state index in [1.54, 1.807) is 0 Å². The third-order valence-corrected chi connectivity index (χ3v) is 8.77. The van der Waals surface area contributed by atoms with E-state index in [-0.39, 0.29) is 23.2 Å². The Hall–Kier alpha value is -0.910. The minimum Gasteiger partial charge on any atom is -0.395 e. The first-order chi connectivity index (χ1) is 12.8. The maximum Gasteiger partial charge on any atom is 0.139 e. The lowest BCUT2D eigenvalue weighted by Crippen LogP contribution is -2.63. The molecule has 28 heavy (non-hydrogen) atoms. The summed E-state index contributed by atoms with van der Waals surface area (Å²) in [6, 6.07) is 0. The molecule has 0 aromatic carbocycles. The van der Waals surface area contributed by atoms with Gasteiger partial charge in [-0.15, -0.1) is 12.4 Å². The summed E-state index contributed by atoms with van der Waals surface area (Å²) in [6.07, 6.45) is 6.83. The van der Waals surface area contributed by atoms with Crippen LogP contribution in [0.25, 0.3) is 0 Å². The minimum atomic E-state index is -0.923. The number of hydrogen-bond acceptors (Lipinski definition) is 5. The van der Waals surface area contributed by atoms with E-state index in [1.807, 2.05) is 0 Å². The van der Waals surface area contributed by atoms with Gasteiger partial charge >= 0.3 is 0 Å². The van der Waals surface area contributed by atoms with E-state index in [0.717, 1.165) is 56.2 Å². The third kappa shape index (κ3) is 2.88. The fraction of sp³-hybridized carbons (Fsp3) is 0.818. The lowest BCUT2D eigenvalue weighted by atomic mass is 9.43. The van der Waals surface area contributed by atoms with Crippen LogP contribution in [0, 0.1) is 28.6 Å². The van der Waals surface area contributed by atoms with Crippen LogP contribution in [-0.4, -0.2) is 35.4 Å². The molecule has 0 aromatic rings. The van der Waals surface area contributed by atoms with Crippen LogP contribution in [-0.2, 0) is 9.63 Å². The van der Waals surface area contributed by atoms with Crippen LogP contribution in [0.4, 0.5) is 0 Å². The van der Waals surface area contributed by atoms with E-state index >= 15 is 0 Å². The Morgan fingerprint density at radius 3 is 2.71 bits per heavy atom. The molecule has 5 nitrogen and oxygen atoms in total. The van der Waals surface area contributed by atoms with Gasteiger partial charge in [0.2, 0.25) is 0 Å². The minimum absolute atomic E-state index is 0. The van der Waals surface area contributed by atoms with Gasteiger partial charge in [-0.3, -0.25) is 4.79 Å². The summed E-state index contributed by atoms with van der Waals surface area (Å²) in [5.74, 6) is 1.82. The molecule has 0 bridgehead atoms. The van der Waals surface area contributed by atoms with Gasteiger partial charge in [0.1, 0.15) is 12.4 Å². The molecular formula is C22H35ClN2O3. The second-order valence-electron chi connectivity index (χ2n) is 9.84. The summed E-state index contributed by atoms with van der Waals surface area (Å²) in [5.41, 5.74) is 6.05. The maximum absolute atomic E-state index is 12.6. The van der Waals surface area contributed by atoms with Crippen molar-refractivity contribution in [2.24, 2.45) is 39.5 Å². The van der Waals surface area contributed by atoms with Crippen molar-refractivity contribution in [3.8, 4) is 0 Å². The molecule has 6 heteroatoms. The predicted molar refractivity (Wildman–Crippen MR) is 112 cm³/mol. The number of ketones is 1. The van der Waals surface area contributed by atoms with Gasteiger partial charge in [-0.25, -0.2) is 0 Å². The fourth-order valence-electron chi connectivity index (χ4n) is 7.07. The molecule has 6 atom stereocenters. The average molecular weight is 411 g/mol.